The molecule has 20 heavy (non-hydrogen) atoms. The second-order valence-electron chi connectivity index (χ2n) is 4.06. The predicted molar refractivity (Wildman–Crippen MR) is 81.3 cm³/mol. The van der Waals surface area contributed by atoms with Crippen LogP contribution in [-0.2, 0) is 6.42 Å². The molecule has 0 bridgehead atoms. The second-order valence-corrected chi connectivity index (χ2v) is 5.35. The van der Waals surface area contributed by atoms with Gasteiger partial charge < -0.3 is 4.74 Å². The summed E-state index contributed by atoms with van der Waals surface area (Å²) in [6.07, 6.45) is 0.568. The van der Waals surface area contributed by atoms with Crippen LogP contribution in [-0.4, -0.2) is 0 Å². The zero-order chi connectivity index (χ0) is 14.7. The summed E-state index contributed by atoms with van der Waals surface area (Å²) < 4.78 is 20.3. The van der Waals surface area contributed by atoms with Crippen molar-refractivity contribution >= 4 is 33.2 Å². The number of ether oxygens (including phenoxy) is 1. The fourth-order valence-electron chi connectivity index (χ4n) is 1.73. The van der Waals surface area contributed by atoms with E-state index in [4.69, 9.17) is 22.9 Å². The van der Waals surface area contributed by atoms with Gasteiger partial charge in [0.2, 0.25) is 0 Å². The maximum absolute atomic E-state index is 14.3. The summed E-state index contributed by atoms with van der Waals surface area (Å²) >= 11 is 9.17. The molecule has 102 valence electrons. The first-order valence-electron chi connectivity index (χ1n) is 5.88. The van der Waals surface area contributed by atoms with Crippen LogP contribution < -0.4 is 4.74 Å². The van der Waals surface area contributed by atoms with E-state index in [2.05, 4.69) is 20.8 Å². The van der Waals surface area contributed by atoms with Crippen molar-refractivity contribution in [3.05, 3.63) is 62.6 Å². The molecule has 0 aliphatic heterocycles. The molecular weight excluding hydrogens is 345 g/mol. The Hall–Kier alpha value is -1.57. The Morgan fingerprint density at radius 2 is 2.10 bits per heavy atom. The van der Waals surface area contributed by atoms with Gasteiger partial charge in [0, 0.05) is 5.02 Å². The minimum absolute atomic E-state index is 0.0996. The van der Waals surface area contributed by atoms with Gasteiger partial charge in [0.1, 0.15) is 5.75 Å². The van der Waals surface area contributed by atoms with Gasteiger partial charge >= 0.3 is 0 Å². The quantitative estimate of drug-likeness (QED) is 0.603. The first-order valence-corrected chi connectivity index (χ1v) is 7.05. The molecule has 2 nitrogen and oxygen atoms in total. The summed E-state index contributed by atoms with van der Waals surface area (Å²) in [5.41, 5.74) is 0.909. The highest BCUT2D eigenvalue weighted by molar-refractivity contribution is 9.10. The summed E-state index contributed by atoms with van der Waals surface area (Å²) in [6, 6.07) is 8.02. The maximum Gasteiger partial charge on any atom is 0.192 e. The highest BCUT2D eigenvalue weighted by Crippen LogP contribution is 2.36. The molecule has 0 aromatic heterocycles. The third-order valence-electron chi connectivity index (χ3n) is 2.72. The van der Waals surface area contributed by atoms with Crippen LogP contribution in [0.1, 0.15) is 12.5 Å². The average molecular weight is 355 g/mol. The van der Waals surface area contributed by atoms with Gasteiger partial charge in [-0.2, -0.15) is 0 Å². The van der Waals surface area contributed by atoms with Gasteiger partial charge in [-0.25, -0.2) is 9.24 Å². The smallest absolute Gasteiger partial charge is 0.192 e. The summed E-state index contributed by atoms with van der Waals surface area (Å²) in [7, 11) is 0. The summed E-state index contributed by atoms with van der Waals surface area (Å²) in [5, 5.41) is 0.372. The Morgan fingerprint density at radius 1 is 1.35 bits per heavy atom. The van der Waals surface area contributed by atoms with Crippen molar-refractivity contribution in [1.29, 1.82) is 0 Å². The molecule has 0 atom stereocenters. The van der Waals surface area contributed by atoms with E-state index in [1.165, 1.54) is 12.1 Å². The number of rotatable bonds is 3. The monoisotopic (exact) mass is 353 g/mol. The Kier molecular flexibility index (Phi) is 4.64. The van der Waals surface area contributed by atoms with Crippen molar-refractivity contribution < 1.29 is 9.13 Å². The molecular formula is C15H10BrClFNO. The first kappa shape index (κ1) is 14.8. The van der Waals surface area contributed by atoms with E-state index in [1.54, 1.807) is 18.2 Å². The van der Waals surface area contributed by atoms with E-state index in [0.717, 1.165) is 0 Å². The van der Waals surface area contributed by atoms with Gasteiger partial charge in [-0.3, -0.25) is 0 Å². The van der Waals surface area contributed by atoms with Gasteiger partial charge in [0.05, 0.1) is 11.0 Å². The molecule has 0 radical (unpaired) electrons. The molecule has 2 aromatic rings. The SMILES string of the molecule is [C-]#[N+]c1cc(Cl)cc(Oc2c(Br)ccc(CC)c2F)c1. The van der Waals surface area contributed by atoms with Crippen LogP contribution in [0.3, 0.4) is 0 Å². The van der Waals surface area contributed by atoms with E-state index >= 15 is 0 Å². The average Bonchev–Trinajstić information content (AvgIpc) is 2.43. The molecule has 0 spiro atoms. The second kappa shape index (κ2) is 6.25. The minimum atomic E-state index is -0.411. The lowest BCUT2D eigenvalue weighted by Gasteiger charge is -2.12. The van der Waals surface area contributed by atoms with Gasteiger partial charge in [-0.05, 0) is 52.2 Å². The van der Waals surface area contributed by atoms with E-state index in [9.17, 15) is 4.39 Å². The Labute approximate surface area is 130 Å². The summed E-state index contributed by atoms with van der Waals surface area (Å²) in [4.78, 5) is 3.29. The largest absolute Gasteiger partial charge is 0.454 e. The molecule has 0 aliphatic rings. The molecule has 0 heterocycles. The number of aryl methyl sites for hydroxylation is 1. The number of hydrogen-bond acceptors (Lipinski definition) is 1. The molecule has 2 aromatic carbocycles. The number of benzene rings is 2. The standard InChI is InChI=1S/C15H10BrClFNO/c1-3-9-4-5-13(16)15(14(9)18)20-12-7-10(17)6-11(8-12)19-2/h4-8H,3H2,1H3. The predicted octanol–water partition coefficient (Wildman–Crippen LogP) is 6.15. The fourth-order valence-corrected chi connectivity index (χ4v) is 2.34. The maximum atomic E-state index is 14.3. The molecule has 0 saturated carbocycles. The minimum Gasteiger partial charge on any atom is -0.454 e. The zero-order valence-electron chi connectivity index (χ0n) is 10.6. The van der Waals surface area contributed by atoms with Crippen LogP contribution in [0.5, 0.6) is 11.5 Å². The molecule has 0 unspecified atom stereocenters. The van der Waals surface area contributed by atoms with Crippen molar-refractivity contribution in [3.8, 4) is 11.5 Å². The lowest BCUT2D eigenvalue weighted by Crippen LogP contribution is -1.95. The van der Waals surface area contributed by atoms with Crippen LogP contribution in [0.4, 0.5) is 10.1 Å². The molecule has 2 rings (SSSR count). The van der Waals surface area contributed by atoms with E-state index in [0.29, 0.717) is 32.9 Å². The van der Waals surface area contributed by atoms with Crippen molar-refractivity contribution in [2.24, 2.45) is 0 Å². The lowest BCUT2D eigenvalue weighted by atomic mass is 10.1. The van der Waals surface area contributed by atoms with Gasteiger partial charge in [-0.15, -0.1) is 0 Å². The van der Waals surface area contributed by atoms with E-state index in [1.807, 2.05) is 6.92 Å². The highest BCUT2D eigenvalue weighted by Gasteiger charge is 2.14. The summed E-state index contributed by atoms with van der Waals surface area (Å²) in [6.45, 7) is 8.86. The molecule has 0 fully saturated rings. The van der Waals surface area contributed by atoms with Crippen molar-refractivity contribution in [3.63, 3.8) is 0 Å². The molecule has 0 N–H and O–H groups in total. The fraction of sp³-hybridized carbons (Fsp3) is 0.133. The van der Waals surface area contributed by atoms with Gasteiger partial charge in [-0.1, -0.05) is 24.6 Å². The number of hydrogen-bond donors (Lipinski definition) is 0. The Balaban J connectivity index is 2.45. The van der Waals surface area contributed by atoms with Crippen LogP contribution in [0, 0.1) is 12.4 Å². The molecule has 0 aliphatic carbocycles. The molecule has 0 amide bonds. The molecule has 0 saturated heterocycles. The van der Waals surface area contributed by atoms with Crippen LogP contribution >= 0.6 is 27.5 Å². The van der Waals surface area contributed by atoms with Crippen molar-refractivity contribution in [1.82, 2.24) is 0 Å². The normalized spacial score (nSPS) is 10.2. The van der Waals surface area contributed by atoms with Crippen molar-refractivity contribution in [2.45, 2.75) is 13.3 Å². The number of halogens is 3. The zero-order valence-corrected chi connectivity index (χ0v) is 12.9. The summed E-state index contributed by atoms with van der Waals surface area (Å²) in [5.74, 6) is 0.0186. The Morgan fingerprint density at radius 3 is 2.75 bits per heavy atom. The highest BCUT2D eigenvalue weighted by atomic mass is 79.9. The van der Waals surface area contributed by atoms with Gasteiger partial charge in [0.25, 0.3) is 0 Å². The lowest BCUT2D eigenvalue weighted by molar-refractivity contribution is 0.436. The van der Waals surface area contributed by atoms with E-state index < -0.39 is 5.82 Å². The molecule has 5 heteroatoms. The third-order valence-corrected chi connectivity index (χ3v) is 3.56. The third kappa shape index (κ3) is 3.12. The van der Waals surface area contributed by atoms with Crippen molar-refractivity contribution in [2.75, 3.05) is 0 Å². The Bertz CT molecular complexity index is 697. The number of nitrogens with zero attached hydrogens (tertiary/aromatic N) is 1. The van der Waals surface area contributed by atoms with Crippen LogP contribution in [0.15, 0.2) is 34.8 Å². The first-order chi connectivity index (χ1) is 9.55. The van der Waals surface area contributed by atoms with Gasteiger partial charge in [0.15, 0.2) is 17.3 Å². The van der Waals surface area contributed by atoms with Crippen LogP contribution in [0.2, 0.25) is 5.02 Å². The topological polar surface area (TPSA) is 13.6 Å². The van der Waals surface area contributed by atoms with E-state index in [-0.39, 0.29) is 5.75 Å². The van der Waals surface area contributed by atoms with Crippen LogP contribution in [0.25, 0.3) is 4.85 Å².